The molecule has 0 saturated carbocycles. The minimum absolute atomic E-state index is 0.570. The van der Waals surface area contributed by atoms with Gasteiger partial charge in [0.05, 0.1) is 22.1 Å². The third-order valence-corrected chi connectivity index (χ3v) is 10.6. The van der Waals surface area contributed by atoms with Crippen LogP contribution < -0.4 is 0 Å². The summed E-state index contributed by atoms with van der Waals surface area (Å²) in [5.41, 5.74) is 9.63. The Labute approximate surface area is 311 Å². The molecule has 3 heterocycles. The quantitative estimate of drug-likeness (QED) is 0.181. The number of aromatic nitrogens is 5. The molecule has 0 amide bonds. The van der Waals surface area contributed by atoms with Crippen LogP contribution in [0.15, 0.2) is 188 Å². The lowest BCUT2D eigenvalue weighted by Crippen LogP contribution is -2.06. The molecule has 0 aliphatic rings. The predicted molar refractivity (Wildman–Crippen MR) is 222 cm³/mol. The number of rotatable bonds is 5. The van der Waals surface area contributed by atoms with Gasteiger partial charge >= 0.3 is 0 Å². The van der Waals surface area contributed by atoms with Gasteiger partial charge in [0.1, 0.15) is 0 Å². The topological polar surface area (TPSA) is 48.5 Å². The maximum absolute atomic E-state index is 5.28. The lowest BCUT2D eigenvalue weighted by molar-refractivity contribution is 0.953. The molecule has 252 valence electrons. The van der Waals surface area contributed by atoms with Crippen molar-refractivity contribution in [3.8, 4) is 45.5 Å². The van der Waals surface area contributed by atoms with Crippen molar-refractivity contribution in [1.82, 2.24) is 24.1 Å². The van der Waals surface area contributed by atoms with Gasteiger partial charge < -0.3 is 4.57 Å². The SMILES string of the molecule is c1ccc(-c2ccc(-c3nc(-c4ccccc4)nc(-n4c5cc(-n6c7ccccc7c7ccccc76)ccc5c5cc6ccccc6cc54)n3)cc2)cc1. The van der Waals surface area contributed by atoms with E-state index in [0.29, 0.717) is 17.6 Å². The monoisotopic (exact) mass is 689 g/mol. The Kier molecular flexibility index (Phi) is 6.79. The zero-order chi connectivity index (χ0) is 35.6. The summed E-state index contributed by atoms with van der Waals surface area (Å²) in [6.45, 7) is 0. The molecular formula is C49H31N5. The summed E-state index contributed by atoms with van der Waals surface area (Å²) in [4.78, 5) is 15.6. The molecular weight excluding hydrogens is 659 g/mol. The minimum Gasteiger partial charge on any atom is -0.309 e. The van der Waals surface area contributed by atoms with Crippen LogP contribution in [0.2, 0.25) is 0 Å². The van der Waals surface area contributed by atoms with E-state index in [4.69, 9.17) is 15.0 Å². The smallest absolute Gasteiger partial charge is 0.238 e. The van der Waals surface area contributed by atoms with E-state index in [2.05, 4.69) is 173 Å². The van der Waals surface area contributed by atoms with Crippen LogP contribution in [0.5, 0.6) is 0 Å². The lowest BCUT2D eigenvalue weighted by Gasteiger charge is -2.13. The van der Waals surface area contributed by atoms with Crippen molar-refractivity contribution in [3.05, 3.63) is 188 Å². The Morgan fingerprint density at radius 2 is 0.778 bits per heavy atom. The molecule has 0 radical (unpaired) electrons. The Morgan fingerprint density at radius 3 is 1.44 bits per heavy atom. The van der Waals surface area contributed by atoms with Gasteiger partial charge in [-0.2, -0.15) is 9.97 Å². The van der Waals surface area contributed by atoms with E-state index in [9.17, 15) is 0 Å². The van der Waals surface area contributed by atoms with Crippen LogP contribution in [-0.2, 0) is 0 Å². The molecule has 11 rings (SSSR count). The van der Waals surface area contributed by atoms with Crippen LogP contribution in [0, 0.1) is 0 Å². The van der Waals surface area contributed by atoms with Crippen molar-refractivity contribution in [3.63, 3.8) is 0 Å². The van der Waals surface area contributed by atoms with Crippen molar-refractivity contribution >= 4 is 54.4 Å². The molecule has 0 atom stereocenters. The first-order valence-electron chi connectivity index (χ1n) is 18.2. The fraction of sp³-hybridized carbons (Fsp3) is 0. The highest BCUT2D eigenvalue weighted by atomic mass is 15.2. The summed E-state index contributed by atoms with van der Waals surface area (Å²) >= 11 is 0. The van der Waals surface area contributed by atoms with Crippen molar-refractivity contribution in [2.45, 2.75) is 0 Å². The normalized spacial score (nSPS) is 11.7. The Bertz CT molecular complexity index is 3140. The molecule has 3 aromatic heterocycles. The molecule has 0 unspecified atom stereocenters. The van der Waals surface area contributed by atoms with E-state index in [-0.39, 0.29) is 0 Å². The second-order valence-electron chi connectivity index (χ2n) is 13.7. The molecule has 0 spiro atoms. The molecule has 0 aliphatic carbocycles. The van der Waals surface area contributed by atoms with Crippen LogP contribution >= 0.6 is 0 Å². The van der Waals surface area contributed by atoms with Gasteiger partial charge in [-0.15, -0.1) is 0 Å². The fourth-order valence-electron chi connectivity index (χ4n) is 8.00. The number of benzene rings is 8. The van der Waals surface area contributed by atoms with Crippen molar-refractivity contribution in [2.75, 3.05) is 0 Å². The zero-order valence-corrected chi connectivity index (χ0v) is 29.1. The maximum atomic E-state index is 5.28. The molecule has 0 bridgehead atoms. The van der Waals surface area contributed by atoms with Crippen LogP contribution in [0.1, 0.15) is 0 Å². The average Bonchev–Trinajstić information content (AvgIpc) is 3.75. The van der Waals surface area contributed by atoms with Gasteiger partial charge in [-0.25, -0.2) is 4.98 Å². The first kappa shape index (κ1) is 30.3. The Hall–Kier alpha value is -7.37. The van der Waals surface area contributed by atoms with Gasteiger partial charge in [-0.1, -0.05) is 152 Å². The molecule has 8 aromatic carbocycles. The van der Waals surface area contributed by atoms with Gasteiger partial charge in [0.2, 0.25) is 5.95 Å². The van der Waals surface area contributed by atoms with Crippen LogP contribution in [0.25, 0.3) is 99.9 Å². The number of para-hydroxylation sites is 2. The number of hydrogen-bond donors (Lipinski definition) is 0. The summed E-state index contributed by atoms with van der Waals surface area (Å²) in [5.74, 6) is 1.81. The largest absolute Gasteiger partial charge is 0.309 e. The van der Waals surface area contributed by atoms with Crippen molar-refractivity contribution in [1.29, 1.82) is 0 Å². The van der Waals surface area contributed by atoms with Crippen LogP contribution in [-0.4, -0.2) is 24.1 Å². The van der Waals surface area contributed by atoms with Gasteiger partial charge in [-0.3, -0.25) is 4.57 Å². The molecule has 54 heavy (non-hydrogen) atoms. The van der Waals surface area contributed by atoms with Crippen molar-refractivity contribution < 1.29 is 0 Å². The van der Waals surface area contributed by atoms with E-state index in [1.165, 1.54) is 32.8 Å². The highest BCUT2D eigenvalue weighted by molar-refractivity contribution is 6.14. The lowest BCUT2D eigenvalue weighted by atomic mass is 10.0. The van der Waals surface area contributed by atoms with E-state index >= 15 is 0 Å². The molecule has 0 fully saturated rings. The Morgan fingerprint density at radius 1 is 0.296 bits per heavy atom. The molecule has 0 N–H and O–H groups in total. The molecule has 5 nitrogen and oxygen atoms in total. The van der Waals surface area contributed by atoms with Crippen LogP contribution in [0.4, 0.5) is 0 Å². The minimum atomic E-state index is 0.570. The van der Waals surface area contributed by atoms with Gasteiger partial charge in [0, 0.05) is 38.4 Å². The third-order valence-electron chi connectivity index (χ3n) is 10.6. The number of fused-ring (bicyclic) bond motifs is 7. The van der Waals surface area contributed by atoms with Gasteiger partial charge in [0.25, 0.3) is 0 Å². The molecule has 0 saturated heterocycles. The Balaban J connectivity index is 1.20. The molecule has 11 aromatic rings. The van der Waals surface area contributed by atoms with Crippen LogP contribution in [0.3, 0.4) is 0 Å². The molecule has 0 aliphatic heterocycles. The summed E-state index contributed by atoms with van der Waals surface area (Å²) in [6, 6.07) is 66.3. The second kappa shape index (κ2) is 12.1. The summed E-state index contributed by atoms with van der Waals surface area (Å²) in [5, 5.41) is 7.09. The summed E-state index contributed by atoms with van der Waals surface area (Å²) in [6.07, 6.45) is 0. The maximum Gasteiger partial charge on any atom is 0.238 e. The summed E-state index contributed by atoms with van der Waals surface area (Å²) < 4.78 is 4.59. The number of nitrogens with zero attached hydrogens (tertiary/aromatic N) is 5. The second-order valence-corrected chi connectivity index (χ2v) is 13.7. The first-order chi connectivity index (χ1) is 26.8. The highest BCUT2D eigenvalue weighted by Crippen LogP contribution is 2.38. The predicted octanol–water partition coefficient (Wildman–Crippen LogP) is 12.2. The zero-order valence-electron chi connectivity index (χ0n) is 29.1. The third kappa shape index (κ3) is 4.83. The van der Waals surface area contributed by atoms with E-state index < -0.39 is 0 Å². The van der Waals surface area contributed by atoms with E-state index in [0.717, 1.165) is 49.6 Å². The van der Waals surface area contributed by atoms with Crippen molar-refractivity contribution in [2.24, 2.45) is 0 Å². The fourth-order valence-corrected chi connectivity index (χ4v) is 8.00. The average molecular weight is 690 g/mol. The standard InChI is InChI=1S/C49H31N5/c1-3-13-32(14-4-1)33-23-25-35(26-24-33)48-50-47(34-15-5-2-6-16-34)51-49(52-48)54-45-30-37-18-8-7-17-36(37)29-42(45)41-28-27-38(31-46(41)54)53-43-21-11-9-19-39(43)40-20-10-12-22-44(40)53/h1-31H. The van der Waals surface area contributed by atoms with E-state index in [1.54, 1.807) is 0 Å². The summed E-state index contributed by atoms with van der Waals surface area (Å²) in [7, 11) is 0. The number of hydrogen-bond acceptors (Lipinski definition) is 3. The first-order valence-corrected chi connectivity index (χ1v) is 18.2. The highest BCUT2D eigenvalue weighted by Gasteiger charge is 2.20. The van der Waals surface area contributed by atoms with E-state index in [1.807, 2.05) is 24.3 Å². The van der Waals surface area contributed by atoms with Gasteiger partial charge in [-0.05, 0) is 58.3 Å². The van der Waals surface area contributed by atoms with Gasteiger partial charge in [0.15, 0.2) is 11.6 Å². The molecule has 5 heteroatoms.